The highest BCUT2D eigenvalue weighted by molar-refractivity contribution is 5.77. The number of rotatable bonds is 8. The summed E-state index contributed by atoms with van der Waals surface area (Å²) < 4.78 is 10.5. The van der Waals surface area contributed by atoms with Gasteiger partial charge in [-0.3, -0.25) is 4.79 Å². The molecule has 1 aromatic rings. The lowest BCUT2D eigenvalue weighted by molar-refractivity contribution is -0.124. The molecule has 0 aliphatic carbocycles. The Hall–Kier alpha value is -2.01. The molecule has 1 atom stereocenters. The van der Waals surface area contributed by atoms with Gasteiger partial charge < -0.3 is 20.5 Å². The van der Waals surface area contributed by atoms with E-state index in [1.54, 1.807) is 25.3 Å². The molecule has 0 radical (unpaired) electrons. The van der Waals surface area contributed by atoms with E-state index in [-0.39, 0.29) is 18.6 Å². The molecule has 5 nitrogen and oxygen atoms in total. The van der Waals surface area contributed by atoms with Crippen LogP contribution in [0.3, 0.4) is 0 Å². The summed E-state index contributed by atoms with van der Waals surface area (Å²) in [4.78, 5) is 11.7. The van der Waals surface area contributed by atoms with E-state index in [0.717, 1.165) is 5.56 Å². The Morgan fingerprint density at radius 1 is 1.55 bits per heavy atom. The quantitative estimate of drug-likeness (QED) is 0.558. The van der Waals surface area contributed by atoms with Crippen LogP contribution >= 0.6 is 0 Å². The summed E-state index contributed by atoms with van der Waals surface area (Å²) in [6, 6.07) is 5.28. The van der Waals surface area contributed by atoms with Crippen molar-refractivity contribution < 1.29 is 14.3 Å². The minimum absolute atomic E-state index is 0.0396. The molecule has 0 bridgehead atoms. The molecule has 1 amide bonds. The van der Waals surface area contributed by atoms with Crippen molar-refractivity contribution in [3.05, 3.63) is 36.4 Å². The van der Waals surface area contributed by atoms with E-state index in [1.807, 2.05) is 13.0 Å². The van der Waals surface area contributed by atoms with E-state index < -0.39 is 0 Å². The first kappa shape index (κ1) is 16.0. The molecule has 0 fully saturated rings. The Morgan fingerprint density at radius 2 is 2.30 bits per heavy atom. The molecule has 0 aromatic heterocycles. The number of hydrogen-bond acceptors (Lipinski definition) is 4. The Balaban J connectivity index is 2.56. The Kier molecular flexibility index (Phi) is 6.59. The lowest BCUT2D eigenvalue weighted by Gasteiger charge is -2.14. The maximum atomic E-state index is 11.7. The molecule has 0 saturated carbocycles. The van der Waals surface area contributed by atoms with Crippen molar-refractivity contribution in [1.29, 1.82) is 0 Å². The fourth-order valence-electron chi connectivity index (χ4n) is 1.81. The predicted molar refractivity (Wildman–Crippen MR) is 79.7 cm³/mol. The lowest BCUT2D eigenvalue weighted by Crippen LogP contribution is -2.38. The minimum Gasteiger partial charge on any atom is -0.483 e. The van der Waals surface area contributed by atoms with Crippen LogP contribution < -0.4 is 15.8 Å². The topological polar surface area (TPSA) is 73.6 Å². The van der Waals surface area contributed by atoms with Gasteiger partial charge in [0.15, 0.2) is 6.61 Å². The van der Waals surface area contributed by atoms with Crippen LogP contribution in [0.1, 0.15) is 12.5 Å². The summed E-state index contributed by atoms with van der Waals surface area (Å²) >= 11 is 0. The molecule has 0 aliphatic heterocycles. The van der Waals surface area contributed by atoms with Crippen LogP contribution in [0.4, 0.5) is 5.69 Å². The van der Waals surface area contributed by atoms with Gasteiger partial charge in [-0.2, -0.15) is 0 Å². The number of ether oxygens (including phenoxy) is 2. The first-order chi connectivity index (χ1) is 9.56. The normalized spacial score (nSPS) is 11.7. The van der Waals surface area contributed by atoms with Gasteiger partial charge in [-0.05, 0) is 37.1 Å². The van der Waals surface area contributed by atoms with Crippen molar-refractivity contribution in [3.63, 3.8) is 0 Å². The summed E-state index contributed by atoms with van der Waals surface area (Å²) in [6.45, 7) is 5.99. The average Bonchev–Trinajstić information content (AvgIpc) is 2.38. The third-order valence-electron chi connectivity index (χ3n) is 2.63. The van der Waals surface area contributed by atoms with Crippen LogP contribution in [0.2, 0.25) is 0 Å². The standard InChI is InChI=1S/C15H22N2O3/c1-4-5-12-8-13(16)6-7-14(12)20-10-15(18)17-11(2)9-19-3/h4,6-8,11H,1,5,9-10,16H2,2-3H3,(H,17,18). The van der Waals surface area contributed by atoms with E-state index in [2.05, 4.69) is 11.9 Å². The Labute approximate surface area is 119 Å². The zero-order chi connectivity index (χ0) is 15.0. The van der Waals surface area contributed by atoms with Gasteiger partial charge in [0.1, 0.15) is 5.75 Å². The largest absolute Gasteiger partial charge is 0.483 e. The average molecular weight is 278 g/mol. The maximum Gasteiger partial charge on any atom is 0.258 e. The van der Waals surface area contributed by atoms with Crippen LogP contribution in [0.15, 0.2) is 30.9 Å². The van der Waals surface area contributed by atoms with Crippen molar-refractivity contribution in [1.82, 2.24) is 5.32 Å². The molecule has 1 unspecified atom stereocenters. The van der Waals surface area contributed by atoms with E-state index in [9.17, 15) is 4.79 Å². The Bertz CT molecular complexity index is 460. The minimum atomic E-state index is -0.184. The molecule has 20 heavy (non-hydrogen) atoms. The molecule has 5 heteroatoms. The third-order valence-corrected chi connectivity index (χ3v) is 2.63. The molecule has 0 spiro atoms. The third kappa shape index (κ3) is 5.32. The molecule has 3 N–H and O–H groups in total. The SMILES string of the molecule is C=CCc1cc(N)ccc1OCC(=O)NC(C)COC. The zero-order valence-corrected chi connectivity index (χ0v) is 12.0. The number of nitrogen functional groups attached to an aromatic ring is 1. The number of nitrogens with two attached hydrogens (primary N) is 1. The number of benzene rings is 1. The summed E-state index contributed by atoms with van der Waals surface area (Å²) in [6.07, 6.45) is 2.41. The van der Waals surface area contributed by atoms with E-state index in [1.165, 1.54) is 0 Å². The molecule has 1 aromatic carbocycles. The van der Waals surface area contributed by atoms with Crippen molar-refractivity contribution in [2.45, 2.75) is 19.4 Å². The second-order valence-electron chi connectivity index (χ2n) is 4.57. The van der Waals surface area contributed by atoms with E-state index in [0.29, 0.717) is 24.5 Å². The molecule has 0 saturated heterocycles. The van der Waals surface area contributed by atoms with Gasteiger partial charge in [0, 0.05) is 18.8 Å². The summed E-state index contributed by atoms with van der Waals surface area (Å²) in [5.74, 6) is 0.463. The molecular formula is C15H22N2O3. The zero-order valence-electron chi connectivity index (χ0n) is 12.0. The molecule has 110 valence electrons. The highest BCUT2D eigenvalue weighted by atomic mass is 16.5. The van der Waals surface area contributed by atoms with Gasteiger partial charge in [0.05, 0.1) is 6.61 Å². The van der Waals surface area contributed by atoms with Crippen molar-refractivity contribution in [2.75, 3.05) is 26.1 Å². The van der Waals surface area contributed by atoms with Crippen molar-refractivity contribution >= 4 is 11.6 Å². The number of carbonyl (C=O) groups excluding carboxylic acids is 1. The lowest BCUT2D eigenvalue weighted by atomic mass is 10.1. The second kappa shape index (κ2) is 8.22. The first-order valence-corrected chi connectivity index (χ1v) is 6.47. The van der Waals surface area contributed by atoms with E-state index >= 15 is 0 Å². The van der Waals surface area contributed by atoms with Crippen LogP contribution in [0.25, 0.3) is 0 Å². The van der Waals surface area contributed by atoms with Gasteiger partial charge >= 0.3 is 0 Å². The van der Waals surface area contributed by atoms with Gasteiger partial charge in [0.2, 0.25) is 0 Å². The van der Waals surface area contributed by atoms with Crippen molar-refractivity contribution in [2.24, 2.45) is 0 Å². The molecule has 1 rings (SSSR count). The fourth-order valence-corrected chi connectivity index (χ4v) is 1.81. The summed E-state index contributed by atoms with van der Waals surface area (Å²) in [5, 5.41) is 2.78. The van der Waals surface area contributed by atoms with Gasteiger partial charge in [-0.25, -0.2) is 0 Å². The van der Waals surface area contributed by atoms with Crippen molar-refractivity contribution in [3.8, 4) is 5.75 Å². The van der Waals surface area contributed by atoms with Gasteiger partial charge in [-0.1, -0.05) is 6.08 Å². The number of allylic oxidation sites excluding steroid dienone is 1. The molecular weight excluding hydrogens is 256 g/mol. The van der Waals surface area contributed by atoms with Crippen LogP contribution in [-0.4, -0.2) is 32.3 Å². The monoisotopic (exact) mass is 278 g/mol. The summed E-state index contributed by atoms with van der Waals surface area (Å²) in [5.41, 5.74) is 7.30. The number of amides is 1. The number of carbonyl (C=O) groups is 1. The second-order valence-corrected chi connectivity index (χ2v) is 4.57. The number of nitrogens with one attached hydrogen (secondary N) is 1. The number of hydrogen-bond donors (Lipinski definition) is 2. The number of anilines is 1. The van der Waals surface area contributed by atoms with E-state index in [4.69, 9.17) is 15.2 Å². The van der Waals surface area contributed by atoms with Crippen LogP contribution in [0.5, 0.6) is 5.75 Å². The maximum absolute atomic E-state index is 11.7. The summed E-state index contributed by atoms with van der Waals surface area (Å²) in [7, 11) is 1.59. The smallest absolute Gasteiger partial charge is 0.258 e. The fraction of sp³-hybridized carbons (Fsp3) is 0.400. The molecule has 0 heterocycles. The number of methoxy groups -OCH3 is 1. The van der Waals surface area contributed by atoms with Gasteiger partial charge in [-0.15, -0.1) is 6.58 Å². The highest BCUT2D eigenvalue weighted by Crippen LogP contribution is 2.22. The van der Waals surface area contributed by atoms with Gasteiger partial charge in [0.25, 0.3) is 5.91 Å². The Morgan fingerprint density at radius 3 is 2.95 bits per heavy atom. The predicted octanol–water partition coefficient (Wildman–Crippen LogP) is 1.53. The van der Waals surface area contributed by atoms with Crippen LogP contribution in [0, 0.1) is 0 Å². The van der Waals surface area contributed by atoms with Crippen LogP contribution in [-0.2, 0) is 16.0 Å². The molecule has 0 aliphatic rings. The highest BCUT2D eigenvalue weighted by Gasteiger charge is 2.09. The first-order valence-electron chi connectivity index (χ1n) is 6.47.